The lowest BCUT2D eigenvalue weighted by molar-refractivity contribution is 0.147. The maximum atomic E-state index is 13.2. The Hall–Kier alpha value is -2.40. The van der Waals surface area contributed by atoms with Gasteiger partial charge in [0, 0.05) is 34.6 Å². The average molecular weight is 353 g/mol. The van der Waals surface area contributed by atoms with Gasteiger partial charge in [0.05, 0.1) is 11.8 Å². The van der Waals surface area contributed by atoms with Crippen LogP contribution < -0.4 is 10.6 Å². The number of hydrogen-bond acceptors (Lipinski definition) is 4. The van der Waals surface area contributed by atoms with E-state index in [0.29, 0.717) is 23.4 Å². The number of aliphatic hydroxyl groups is 1. The van der Waals surface area contributed by atoms with E-state index in [4.69, 9.17) is 11.1 Å². The minimum Gasteiger partial charge on any atom is -0.398 e. The second kappa shape index (κ2) is 6.72. The van der Waals surface area contributed by atoms with Gasteiger partial charge in [0.1, 0.15) is 5.82 Å². The van der Waals surface area contributed by atoms with Crippen LogP contribution >= 0.6 is 0 Å². The summed E-state index contributed by atoms with van der Waals surface area (Å²) in [6, 6.07) is 13.0. The largest absolute Gasteiger partial charge is 0.398 e. The van der Waals surface area contributed by atoms with E-state index in [-0.39, 0.29) is 11.8 Å². The van der Waals surface area contributed by atoms with Crippen LogP contribution in [0.15, 0.2) is 42.5 Å². The van der Waals surface area contributed by atoms with Gasteiger partial charge < -0.3 is 15.7 Å². The van der Waals surface area contributed by atoms with Gasteiger partial charge in [-0.25, -0.2) is 4.39 Å². The Morgan fingerprint density at radius 1 is 1.04 bits per heavy atom. The highest BCUT2D eigenvalue weighted by molar-refractivity contribution is 6.13. The fraction of sp³-hybridized carbons (Fsp3) is 0.381. The first-order valence-electron chi connectivity index (χ1n) is 9.23. The minimum atomic E-state index is -0.395. The van der Waals surface area contributed by atoms with E-state index in [1.165, 1.54) is 18.6 Å². The minimum absolute atomic E-state index is 0.193. The number of fused-ring (bicyclic) bond motifs is 2. The Labute approximate surface area is 153 Å². The van der Waals surface area contributed by atoms with Crippen molar-refractivity contribution in [3.63, 3.8) is 0 Å². The van der Waals surface area contributed by atoms with Gasteiger partial charge >= 0.3 is 0 Å². The number of rotatable bonds is 3. The normalized spacial score (nSPS) is 25.2. The summed E-state index contributed by atoms with van der Waals surface area (Å²) in [4.78, 5) is 2.45. The predicted octanol–water partition coefficient (Wildman–Crippen LogP) is 3.71. The van der Waals surface area contributed by atoms with Gasteiger partial charge in [0.15, 0.2) is 0 Å². The van der Waals surface area contributed by atoms with E-state index in [2.05, 4.69) is 4.90 Å². The zero-order valence-corrected chi connectivity index (χ0v) is 14.7. The van der Waals surface area contributed by atoms with Crippen LogP contribution in [0, 0.1) is 11.2 Å². The third-order valence-electron chi connectivity index (χ3n) is 5.73. The van der Waals surface area contributed by atoms with Crippen molar-refractivity contribution in [2.45, 2.75) is 50.3 Å². The molecule has 2 fully saturated rings. The summed E-state index contributed by atoms with van der Waals surface area (Å²) in [6.07, 6.45) is 4.86. The molecule has 0 aromatic heterocycles. The van der Waals surface area contributed by atoms with Crippen molar-refractivity contribution in [1.82, 2.24) is 0 Å². The lowest BCUT2D eigenvalue weighted by Crippen LogP contribution is -2.35. The van der Waals surface area contributed by atoms with E-state index in [9.17, 15) is 9.50 Å². The molecule has 4 rings (SSSR count). The predicted molar refractivity (Wildman–Crippen MR) is 102 cm³/mol. The fourth-order valence-electron chi connectivity index (χ4n) is 4.43. The zero-order chi connectivity index (χ0) is 18.3. The number of nitrogens with one attached hydrogen (secondary N) is 1. The Morgan fingerprint density at radius 3 is 2.46 bits per heavy atom. The van der Waals surface area contributed by atoms with Crippen LogP contribution in [-0.2, 0) is 0 Å². The molecule has 2 bridgehead atoms. The molecule has 0 amide bonds. The summed E-state index contributed by atoms with van der Waals surface area (Å²) in [5.41, 5.74) is 8.89. The summed E-state index contributed by atoms with van der Waals surface area (Å²) in [7, 11) is 0. The third-order valence-corrected chi connectivity index (χ3v) is 5.73. The maximum absolute atomic E-state index is 13.2. The molecular formula is C21H24FN3O. The van der Waals surface area contributed by atoms with Gasteiger partial charge in [0.25, 0.3) is 0 Å². The summed E-state index contributed by atoms with van der Waals surface area (Å²) < 4.78 is 13.2. The molecule has 2 aliphatic rings. The molecule has 2 saturated heterocycles. The Kier molecular flexibility index (Phi) is 4.41. The molecule has 0 aliphatic carbocycles. The molecule has 4 N–H and O–H groups in total. The van der Waals surface area contributed by atoms with Crippen molar-refractivity contribution >= 4 is 17.1 Å². The van der Waals surface area contributed by atoms with Gasteiger partial charge in [0.2, 0.25) is 0 Å². The quantitative estimate of drug-likeness (QED) is 0.582. The van der Waals surface area contributed by atoms with E-state index in [1.807, 2.05) is 24.3 Å². The van der Waals surface area contributed by atoms with Crippen molar-refractivity contribution in [3.05, 3.63) is 59.4 Å². The van der Waals surface area contributed by atoms with Crippen LogP contribution in [0.3, 0.4) is 0 Å². The number of hydrogen-bond donors (Lipinski definition) is 3. The Balaban J connectivity index is 1.58. The van der Waals surface area contributed by atoms with Crippen LogP contribution in [0.1, 0.15) is 43.2 Å². The highest BCUT2D eigenvalue weighted by Gasteiger charge is 2.37. The number of aliphatic hydroxyl groups excluding tert-OH is 1. The molecule has 0 spiro atoms. The van der Waals surface area contributed by atoms with E-state index < -0.39 is 5.82 Å². The fourth-order valence-corrected chi connectivity index (χ4v) is 4.43. The standard InChI is InChI=1S/C21H24FN3O/c22-14-3-10-19(20(23)11-14)21(24)13-1-4-15(5-2-13)25-16-6-7-17(25)12-18(26)9-8-16/h1-5,10-11,16-18,24,26H,6-9,12,23H2. The molecule has 0 radical (unpaired) electrons. The number of nitrogen functional groups attached to an aromatic ring is 1. The summed E-state index contributed by atoms with van der Waals surface area (Å²) >= 11 is 0. The van der Waals surface area contributed by atoms with Crippen LogP contribution in [0.2, 0.25) is 0 Å². The van der Waals surface area contributed by atoms with Crippen LogP contribution in [0.5, 0.6) is 0 Å². The van der Waals surface area contributed by atoms with Gasteiger partial charge in [-0.15, -0.1) is 0 Å². The first kappa shape index (κ1) is 17.0. The highest BCUT2D eigenvalue weighted by Crippen LogP contribution is 2.38. The average Bonchev–Trinajstić information content (AvgIpc) is 2.93. The molecule has 26 heavy (non-hydrogen) atoms. The number of halogens is 1. The molecule has 3 atom stereocenters. The monoisotopic (exact) mass is 353 g/mol. The van der Waals surface area contributed by atoms with Gasteiger partial charge in [-0.05, 0) is 62.4 Å². The number of nitrogens with zero attached hydrogens (tertiary/aromatic N) is 1. The smallest absolute Gasteiger partial charge is 0.125 e. The third kappa shape index (κ3) is 3.07. The van der Waals surface area contributed by atoms with Crippen molar-refractivity contribution in [2.24, 2.45) is 0 Å². The molecule has 136 valence electrons. The van der Waals surface area contributed by atoms with Gasteiger partial charge in [-0.3, -0.25) is 5.41 Å². The molecule has 2 aliphatic heterocycles. The van der Waals surface area contributed by atoms with Crippen molar-refractivity contribution in [3.8, 4) is 0 Å². The first-order valence-corrected chi connectivity index (χ1v) is 9.23. The van der Waals surface area contributed by atoms with E-state index in [1.54, 1.807) is 6.07 Å². The van der Waals surface area contributed by atoms with E-state index in [0.717, 1.165) is 36.9 Å². The van der Waals surface area contributed by atoms with Gasteiger partial charge in [-0.1, -0.05) is 12.1 Å². The molecule has 0 saturated carbocycles. The highest BCUT2D eigenvalue weighted by atomic mass is 19.1. The number of anilines is 2. The second-order valence-electron chi connectivity index (χ2n) is 7.41. The second-order valence-corrected chi connectivity index (χ2v) is 7.41. The van der Waals surface area contributed by atoms with Crippen LogP contribution in [-0.4, -0.2) is 29.0 Å². The van der Waals surface area contributed by atoms with Gasteiger partial charge in [-0.2, -0.15) is 0 Å². The lowest BCUT2D eigenvalue weighted by atomic mass is 9.99. The molecule has 4 nitrogen and oxygen atoms in total. The molecule has 5 heteroatoms. The first-order chi connectivity index (χ1) is 12.5. The SMILES string of the molecule is N=C(c1ccc(N2C3CCC(O)CC2CC3)cc1)c1ccc(F)cc1N. The summed E-state index contributed by atoms with van der Waals surface area (Å²) in [6.45, 7) is 0. The van der Waals surface area contributed by atoms with Crippen molar-refractivity contribution < 1.29 is 9.50 Å². The molecule has 3 unspecified atom stereocenters. The van der Waals surface area contributed by atoms with Crippen LogP contribution in [0.25, 0.3) is 0 Å². The number of nitrogens with two attached hydrogens (primary N) is 1. The molecule has 2 heterocycles. The van der Waals surface area contributed by atoms with Crippen molar-refractivity contribution in [1.29, 1.82) is 5.41 Å². The van der Waals surface area contributed by atoms with E-state index >= 15 is 0 Å². The number of benzene rings is 2. The molecule has 2 aromatic carbocycles. The van der Waals surface area contributed by atoms with Crippen LogP contribution in [0.4, 0.5) is 15.8 Å². The topological polar surface area (TPSA) is 73.3 Å². The molecular weight excluding hydrogens is 329 g/mol. The summed E-state index contributed by atoms with van der Waals surface area (Å²) in [5.74, 6) is -0.395. The molecule has 2 aromatic rings. The zero-order valence-electron chi connectivity index (χ0n) is 14.7. The van der Waals surface area contributed by atoms with Crippen molar-refractivity contribution in [2.75, 3.05) is 10.6 Å². The maximum Gasteiger partial charge on any atom is 0.125 e. The Bertz CT molecular complexity index is 821. The lowest BCUT2D eigenvalue weighted by Gasteiger charge is -2.30. The Morgan fingerprint density at radius 2 is 1.73 bits per heavy atom. The summed E-state index contributed by atoms with van der Waals surface area (Å²) in [5, 5.41) is 18.5.